The maximum Gasteiger partial charge on any atom is 0.241 e. The Morgan fingerprint density at radius 2 is 2.16 bits per heavy atom. The lowest BCUT2D eigenvalue weighted by Gasteiger charge is -2.14. The fraction of sp³-hybridized carbons (Fsp3) is 0.462. The fourth-order valence-corrected chi connectivity index (χ4v) is 1.31. The Hall–Kier alpha value is -2.11. The van der Waals surface area contributed by atoms with Crippen LogP contribution in [0.3, 0.4) is 0 Å². The maximum atomic E-state index is 11.5. The zero-order valence-electron chi connectivity index (χ0n) is 11.7. The molecule has 0 radical (unpaired) electrons. The predicted octanol–water partition coefficient (Wildman–Crippen LogP) is 0.225. The van der Waals surface area contributed by atoms with Crippen LogP contribution < -0.4 is 10.6 Å². The summed E-state index contributed by atoms with van der Waals surface area (Å²) in [6.45, 7) is 3.42. The maximum absolute atomic E-state index is 11.5. The summed E-state index contributed by atoms with van der Waals surface area (Å²) in [6, 6.07) is 5.71. The van der Waals surface area contributed by atoms with E-state index < -0.39 is 0 Å². The Morgan fingerprint density at radius 3 is 2.74 bits per heavy atom. The number of nitrogens with zero attached hydrogens (tertiary/aromatic N) is 3. The smallest absolute Gasteiger partial charge is 0.241 e. The summed E-state index contributed by atoms with van der Waals surface area (Å²) in [5.41, 5.74) is 0.888. The van der Waals surface area contributed by atoms with Crippen LogP contribution in [0.15, 0.2) is 29.4 Å². The van der Waals surface area contributed by atoms with Gasteiger partial charge in [0.1, 0.15) is 0 Å². The van der Waals surface area contributed by atoms with Crippen molar-refractivity contribution >= 4 is 11.9 Å². The molecule has 0 spiro atoms. The van der Waals surface area contributed by atoms with E-state index in [4.69, 9.17) is 0 Å². The van der Waals surface area contributed by atoms with Crippen molar-refractivity contribution in [2.24, 2.45) is 4.99 Å². The van der Waals surface area contributed by atoms with E-state index >= 15 is 0 Å². The standard InChI is InChI=1S/C13H21N5O/c1-4-14-13(17-10-12(19)18(2)3)16-9-11-7-5-6-8-15-11/h5-8H,4,9-10H2,1-3H3,(H2,14,16,17). The molecule has 2 N–H and O–H groups in total. The molecule has 0 aliphatic heterocycles. The predicted molar refractivity (Wildman–Crippen MR) is 75.7 cm³/mol. The largest absolute Gasteiger partial charge is 0.357 e. The molecule has 1 aromatic rings. The first-order chi connectivity index (χ1) is 9.13. The zero-order chi connectivity index (χ0) is 14.1. The summed E-state index contributed by atoms with van der Waals surface area (Å²) < 4.78 is 0. The molecule has 1 heterocycles. The van der Waals surface area contributed by atoms with Crippen molar-refractivity contribution in [3.05, 3.63) is 30.1 Å². The van der Waals surface area contributed by atoms with Crippen molar-refractivity contribution in [2.75, 3.05) is 27.2 Å². The number of pyridine rings is 1. The number of aromatic nitrogens is 1. The molecule has 0 atom stereocenters. The van der Waals surface area contributed by atoms with E-state index in [1.807, 2.05) is 25.1 Å². The monoisotopic (exact) mass is 263 g/mol. The molecule has 19 heavy (non-hydrogen) atoms. The lowest BCUT2D eigenvalue weighted by molar-refractivity contribution is -0.127. The molecule has 6 heteroatoms. The van der Waals surface area contributed by atoms with Crippen molar-refractivity contribution in [1.82, 2.24) is 20.5 Å². The van der Waals surface area contributed by atoms with Gasteiger partial charge in [0.2, 0.25) is 5.91 Å². The molecular formula is C13H21N5O. The van der Waals surface area contributed by atoms with Crippen LogP contribution in [0.4, 0.5) is 0 Å². The van der Waals surface area contributed by atoms with Gasteiger partial charge in [0.25, 0.3) is 0 Å². The minimum atomic E-state index is 0.00318. The van der Waals surface area contributed by atoms with Gasteiger partial charge in [-0.3, -0.25) is 9.78 Å². The second kappa shape index (κ2) is 8.07. The van der Waals surface area contributed by atoms with Gasteiger partial charge in [-0.05, 0) is 19.1 Å². The molecule has 0 saturated heterocycles. The Balaban J connectivity index is 2.54. The van der Waals surface area contributed by atoms with Gasteiger partial charge in [-0.25, -0.2) is 4.99 Å². The minimum Gasteiger partial charge on any atom is -0.357 e. The number of carbonyl (C=O) groups is 1. The number of likely N-dealkylation sites (N-methyl/N-ethyl adjacent to an activating group) is 1. The number of guanidine groups is 1. The van der Waals surface area contributed by atoms with Gasteiger partial charge < -0.3 is 15.5 Å². The molecule has 0 aliphatic carbocycles. The minimum absolute atomic E-state index is 0.00318. The van der Waals surface area contributed by atoms with E-state index in [-0.39, 0.29) is 12.5 Å². The van der Waals surface area contributed by atoms with Crippen LogP contribution in [0.2, 0.25) is 0 Å². The van der Waals surface area contributed by atoms with Crippen molar-refractivity contribution in [3.8, 4) is 0 Å². The van der Waals surface area contributed by atoms with Crippen molar-refractivity contribution < 1.29 is 4.79 Å². The van der Waals surface area contributed by atoms with E-state index in [1.54, 1.807) is 20.3 Å². The Kier molecular flexibility index (Phi) is 6.35. The SMILES string of the molecule is CCNC(=NCc1ccccn1)NCC(=O)N(C)C. The third-order valence-electron chi connectivity index (χ3n) is 2.38. The summed E-state index contributed by atoms with van der Waals surface area (Å²) in [4.78, 5) is 21.6. The van der Waals surface area contributed by atoms with Gasteiger partial charge >= 0.3 is 0 Å². The summed E-state index contributed by atoms with van der Waals surface area (Å²) >= 11 is 0. The average Bonchev–Trinajstić information content (AvgIpc) is 2.42. The van der Waals surface area contributed by atoms with Crippen LogP contribution in [0.5, 0.6) is 0 Å². The molecule has 0 saturated carbocycles. The molecular weight excluding hydrogens is 242 g/mol. The first-order valence-electron chi connectivity index (χ1n) is 6.25. The Bertz CT molecular complexity index is 416. The summed E-state index contributed by atoms with van der Waals surface area (Å²) in [7, 11) is 3.45. The van der Waals surface area contributed by atoms with E-state index in [1.165, 1.54) is 4.90 Å². The highest BCUT2D eigenvalue weighted by molar-refractivity contribution is 5.86. The van der Waals surface area contributed by atoms with Crippen molar-refractivity contribution in [1.29, 1.82) is 0 Å². The van der Waals surface area contributed by atoms with Gasteiger partial charge in [0.15, 0.2) is 5.96 Å². The molecule has 0 unspecified atom stereocenters. The number of amides is 1. The number of carbonyl (C=O) groups excluding carboxylic acids is 1. The van der Waals surface area contributed by atoms with Gasteiger partial charge in [-0.1, -0.05) is 6.07 Å². The molecule has 1 aromatic heterocycles. The number of aliphatic imine (C=N–C) groups is 1. The number of hydrogen-bond donors (Lipinski definition) is 2. The molecule has 6 nitrogen and oxygen atoms in total. The van der Waals surface area contributed by atoms with Crippen molar-refractivity contribution in [3.63, 3.8) is 0 Å². The van der Waals surface area contributed by atoms with Gasteiger partial charge in [0, 0.05) is 26.8 Å². The van der Waals surface area contributed by atoms with E-state index in [2.05, 4.69) is 20.6 Å². The lowest BCUT2D eigenvalue weighted by atomic mass is 10.3. The number of nitrogens with one attached hydrogen (secondary N) is 2. The number of rotatable bonds is 5. The van der Waals surface area contributed by atoms with E-state index in [0.717, 1.165) is 12.2 Å². The normalized spacial score (nSPS) is 11.0. The molecule has 104 valence electrons. The average molecular weight is 263 g/mol. The highest BCUT2D eigenvalue weighted by Crippen LogP contribution is 1.95. The van der Waals surface area contributed by atoms with Crippen LogP contribution >= 0.6 is 0 Å². The Labute approximate surface area is 113 Å². The fourth-order valence-electron chi connectivity index (χ4n) is 1.31. The molecule has 0 aliphatic rings. The molecule has 0 bridgehead atoms. The summed E-state index contributed by atoms with van der Waals surface area (Å²) in [5, 5.41) is 6.08. The molecule has 1 rings (SSSR count). The summed E-state index contributed by atoms with van der Waals surface area (Å²) in [5.74, 6) is 0.617. The third kappa shape index (κ3) is 5.85. The third-order valence-corrected chi connectivity index (χ3v) is 2.38. The molecule has 0 fully saturated rings. The van der Waals surface area contributed by atoms with Crippen LogP contribution in [0, 0.1) is 0 Å². The number of hydrogen-bond acceptors (Lipinski definition) is 3. The highest BCUT2D eigenvalue weighted by Gasteiger charge is 2.05. The Morgan fingerprint density at radius 1 is 1.37 bits per heavy atom. The second-order valence-electron chi connectivity index (χ2n) is 4.16. The first kappa shape index (κ1) is 14.9. The molecule has 0 aromatic carbocycles. The topological polar surface area (TPSA) is 69.6 Å². The van der Waals surface area contributed by atoms with Crippen molar-refractivity contribution in [2.45, 2.75) is 13.5 Å². The highest BCUT2D eigenvalue weighted by atomic mass is 16.2. The van der Waals surface area contributed by atoms with Crippen LogP contribution in [0.1, 0.15) is 12.6 Å². The van der Waals surface area contributed by atoms with Gasteiger partial charge in [-0.15, -0.1) is 0 Å². The zero-order valence-corrected chi connectivity index (χ0v) is 11.7. The quantitative estimate of drug-likeness (QED) is 0.589. The van der Waals surface area contributed by atoms with Crippen LogP contribution in [-0.2, 0) is 11.3 Å². The van der Waals surface area contributed by atoms with Crippen LogP contribution in [0.25, 0.3) is 0 Å². The summed E-state index contributed by atoms with van der Waals surface area (Å²) in [6.07, 6.45) is 1.74. The van der Waals surface area contributed by atoms with Gasteiger partial charge in [0.05, 0.1) is 18.8 Å². The van der Waals surface area contributed by atoms with Crippen LogP contribution in [-0.4, -0.2) is 48.9 Å². The van der Waals surface area contributed by atoms with E-state index in [0.29, 0.717) is 12.5 Å². The second-order valence-corrected chi connectivity index (χ2v) is 4.16. The van der Waals surface area contributed by atoms with Gasteiger partial charge in [-0.2, -0.15) is 0 Å². The molecule has 1 amide bonds. The van der Waals surface area contributed by atoms with E-state index in [9.17, 15) is 4.79 Å². The first-order valence-corrected chi connectivity index (χ1v) is 6.25. The lowest BCUT2D eigenvalue weighted by Crippen LogP contribution is -2.42.